The normalized spacial score (nSPS) is 12.0. The van der Waals surface area contributed by atoms with Crippen molar-refractivity contribution in [1.82, 2.24) is 10.3 Å². The van der Waals surface area contributed by atoms with Gasteiger partial charge in [0.1, 0.15) is 5.75 Å². The van der Waals surface area contributed by atoms with E-state index in [1.54, 1.807) is 21.0 Å². The first kappa shape index (κ1) is 17.0. The minimum Gasteiger partial charge on any atom is -0.494 e. The molecule has 0 aliphatic rings. The van der Waals surface area contributed by atoms with E-state index in [1.165, 1.54) is 0 Å². The van der Waals surface area contributed by atoms with E-state index in [9.17, 15) is 4.79 Å². The quantitative estimate of drug-likeness (QED) is 0.850. The number of carbonyl (C=O) groups excluding carboxylic acids is 1. The van der Waals surface area contributed by atoms with E-state index in [0.717, 1.165) is 11.3 Å². The van der Waals surface area contributed by atoms with Crippen LogP contribution < -0.4 is 10.1 Å². The van der Waals surface area contributed by atoms with Gasteiger partial charge in [-0.15, -0.1) is 0 Å². The molecule has 6 heteroatoms. The summed E-state index contributed by atoms with van der Waals surface area (Å²) in [5, 5.41) is 2.92. The maximum Gasteiger partial charge on any atom is 0.289 e. The van der Waals surface area contributed by atoms with Crippen molar-refractivity contribution in [2.75, 3.05) is 20.3 Å². The second-order valence-electron chi connectivity index (χ2n) is 5.13. The summed E-state index contributed by atoms with van der Waals surface area (Å²) in [6, 6.07) is 7.28. The van der Waals surface area contributed by atoms with Crippen LogP contribution in [0.2, 0.25) is 0 Å². The van der Waals surface area contributed by atoms with Gasteiger partial charge in [-0.25, -0.2) is 4.98 Å². The Morgan fingerprint density at radius 1 is 1.30 bits per heavy atom. The van der Waals surface area contributed by atoms with Gasteiger partial charge in [-0.1, -0.05) is 12.1 Å². The molecule has 1 aromatic heterocycles. The number of nitrogens with zero attached hydrogens (tertiary/aromatic N) is 1. The zero-order chi connectivity index (χ0) is 16.8. The molecular formula is C17H22N2O4. The number of methoxy groups -OCH3 is 1. The van der Waals surface area contributed by atoms with Crippen LogP contribution in [0.15, 0.2) is 28.7 Å². The lowest BCUT2D eigenvalue weighted by Crippen LogP contribution is -2.31. The van der Waals surface area contributed by atoms with Crippen molar-refractivity contribution in [2.45, 2.75) is 26.8 Å². The predicted molar refractivity (Wildman–Crippen MR) is 85.7 cm³/mol. The molecule has 0 spiro atoms. The monoisotopic (exact) mass is 318 g/mol. The number of hydrogen-bond donors (Lipinski definition) is 1. The standard InChI is InChI=1S/C17H22N2O4/c1-5-22-14-8-6-13(7-9-14)15(10-21-4)19-17(20)16-11(2)18-12(3)23-16/h6-9,15H,5,10H2,1-4H3,(H,19,20)/t15-/m0/s1. The fourth-order valence-electron chi connectivity index (χ4n) is 2.32. The molecule has 1 N–H and O–H groups in total. The highest BCUT2D eigenvalue weighted by Crippen LogP contribution is 2.19. The van der Waals surface area contributed by atoms with Crippen molar-refractivity contribution in [3.63, 3.8) is 0 Å². The molecule has 0 unspecified atom stereocenters. The lowest BCUT2D eigenvalue weighted by molar-refractivity contribution is 0.0867. The number of rotatable bonds is 7. The molecule has 0 radical (unpaired) electrons. The largest absolute Gasteiger partial charge is 0.494 e. The zero-order valence-corrected chi connectivity index (χ0v) is 13.9. The Kier molecular flexibility index (Phi) is 5.76. The average molecular weight is 318 g/mol. The highest BCUT2D eigenvalue weighted by Gasteiger charge is 2.21. The van der Waals surface area contributed by atoms with Crippen molar-refractivity contribution < 1.29 is 18.7 Å². The zero-order valence-electron chi connectivity index (χ0n) is 13.9. The van der Waals surface area contributed by atoms with Gasteiger partial charge in [0.05, 0.1) is 24.9 Å². The van der Waals surface area contributed by atoms with Crippen LogP contribution in [-0.4, -0.2) is 31.2 Å². The minimum absolute atomic E-state index is 0.231. The molecular weight excluding hydrogens is 296 g/mol. The van der Waals surface area contributed by atoms with Crippen LogP contribution in [0.1, 0.15) is 40.7 Å². The lowest BCUT2D eigenvalue weighted by atomic mass is 10.1. The third-order valence-electron chi connectivity index (χ3n) is 3.34. The van der Waals surface area contributed by atoms with E-state index in [4.69, 9.17) is 13.9 Å². The number of aromatic nitrogens is 1. The SMILES string of the molecule is CCOc1ccc([C@H](COC)NC(=O)c2oc(C)nc2C)cc1. The Morgan fingerprint density at radius 3 is 2.52 bits per heavy atom. The molecule has 0 saturated carbocycles. The molecule has 0 saturated heterocycles. The van der Waals surface area contributed by atoms with Gasteiger partial charge in [0.25, 0.3) is 5.91 Å². The molecule has 1 heterocycles. The van der Waals surface area contributed by atoms with E-state index in [0.29, 0.717) is 24.8 Å². The smallest absolute Gasteiger partial charge is 0.289 e. The Bertz CT molecular complexity index is 649. The maximum atomic E-state index is 12.4. The molecule has 1 amide bonds. The fourth-order valence-corrected chi connectivity index (χ4v) is 2.32. The van der Waals surface area contributed by atoms with E-state index in [1.807, 2.05) is 31.2 Å². The molecule has 124 valence electrons. The predicted octanol–water partition coefficient (Wildman–Crippen LogP) is 2.81. The molecule has 2 rings (SSSR count). The molecule has 1 atom stereocenters. The molecule has 0 bridgehead atoms. The van der Waals surface area contributed by atoms with Crippen molar-refractivity contribution in [2.24, 2.45) is 0 Å². The van der Waals surface area contributed by atoms with Crippen LogP contribution in [0, 0.1) is 13.8 Å². The van der Waals surface area contributed by atoms with Crippen molar-refractivity contribution in [3.8, 4) is 5.75 Å². The summed E-state index contributed by atoms with van der Waals surface area (Å²) in [6.07, 6.45) is 0. The summed E-state index contributed by atoms with van der Waals surface area (Å²) in [5.41, 5.74) is 1.50. The van der Waals surface area contributed by atoms with Crippen molar-refractivity contribution >= 4 is 5.91 Å². The molecule has 0 aliphatic heterocycles. The van der Waals surface area contributed by atoms with Crippen LogP contribution in [0.3, 0.4) is 0 Å². The number of amides is 1. The van der Waals surface area contributed by atoms with Gasteiger partial charge < -0.3 is 19.2 Å². The fraction of sp³-hybridized carbons (Fsp3) is 0.412. The summed E-state index contributed by atoms with van der Waals surface area (Å²) < 4.78 is 16.0. The maximum absolute atomic E-state index is 12.4. The van der Waals surface area contributed by atoms with E-state index in [-0.39, 0.29) is 17.7 Å². The molecule has 0 aliphatic carbocycles. The summed E-state index contributed by atoms with van der Waals surface area (Å²) in [7, 11) is 1.59. The van der Waals surface area contributed by atoms with Gasteiger partial charge in [0, 0.05) is 14.0 Å². The number of ether oxygens (including phenoxy) is 2. The number of hydrogen-bond acceptors (Lipinski definition) is 5. The van der Waals surface area contributed by atoms with Gasteiger partial charge in [0.2, 0.25) is 5.76 Å². The van der Waals surface area contributed by atoms with Crippen LogP contribution in [0.5, 0.6) is 5.75 Å². The molecule has 23 heavy (non-hydrogen) atoms. The number of aryl methyl sites for hydroxylation is 2. The summed E-state index contributed by atoms with van der Waals surface area (Å²) in [6.45, 7) is 6.35. The van der Waals surface area contributed by atoms with E-state index in [2.05, 4.69) is 10.3 Å². The first-order valence-electron chi connectivity index (χ1n) is 7.51. The first-order valence-corrected chi connectivity index (χ1v) is 7.51. The van der Waals surface area contributed by atoms with E-state index >= 15 is 0 Å². The average Bonchev–Trinajstić information content (AvgIpc) is 2.87. The second-order valence-corrected chi connectivity index (χ2v) is 5.13. The van der Waals surface area contributed by atoms with Crippen LogP contribution in [0.4, 0.5) is 0 Å². The topological polar surface area (TPSA) is 73.6 Å². The molecule has 1 aromatic carbocycles. The molecule has 0 fully saturated rings. The van der Waals surface area contributed by atoms with Gasteiger partial charge in [-0.2, -0.15) is 0 Å². The molecule has 6 nitrogen and oxygen atoms in total. The summed E-state index contributed by atoms with van der Waals surface area (Å²) in [5.74, 6) is 1.19. The van der Waals surface area contributed by atoms with Crippen LogP contribution in [-0.2, 0) is 4.74 Å². The third-order valence-corrected chi connectivity index (χ3v) is 3.34. The second kappa shape index (κ2) is 7.78. The van der Waals surface area contributed by atoms with Crippen molar-refractivity contribution in [1.29, 1.82) is 0 Å². The van der Waals surface area contributed by atoms with Gasteiger partial charge >= 0.3 is 0 Å². The first-order chi connectivity index (χ1) is 11.0. The minimum atomic E-state index is -0.306. The highest BCUT2D eigenvalue weighted by molar-refractivity contribution is 5.92. The third kappa shape index (κ3) is 4.32. The number of carbonyl (C=O) groups is 1. The highest BCUT2D eigenvalue weighted by atomic mass is 16.5. The van der Waals surface area contributed by atoms with E-state index < -0.39 is 0 Å². The lowest BCUT2D eigenvalue weighted by Gasteiger charge is -2.18. The molecule has 2 aromatic rings. The summed E-state index contributed by atoms with van der Waals surface area (Å²) in [4.78, 5) is 16.5. The Morgan fingerprint density at radius 2 is 2.00 bits per heavy atom. The van der Waals surface area contributed by atoms with Gasteiger partial charge in [-0.05, 0) is 31.5 Å². The van der Waals surface area contributed by atoms with Crippen LogP contribution in [0.25, 0.3) is 0 Å². The Labute approximate surface area is 135 Å². The number of oxazole rings is 1. The summed E-state index contributed by atoms with van der Waals surface area (Å²) >= 11 is 0. The van der Waals surface area contributed by atoms with Gasteiger partial charge in [0.15, 0.2) is 5.89 Å². The van der Waals surface area contributed by atoms with Crippen molar-refractivity contribution in [3.05, 3.63) is 47.2 Å². The Hall–Kier alpha value is -2.34. The Balaban J connectivity index is 2.14. The van der Waals surface area contributed by atoms with Gasteiger partial charge in [-0.3, -0.25) is 4.79 Å². The number of nitrogens with one attached hydrogen (secondary N) is 1. The number of benzene rings is 1. The van der Waals surface area contributed by atoms with Crippen LogP contribution >= 0.6 is 0 Å².